The molecule has 0 aliphatic carbocycles. The summed E-state index contributed by atoms with van der Waals surface area (Å²) in [7, 11) is 0. The number of rotatable bonds is 5. The summed E-state index contributed by atoms with van der Waals surface area (Å²) in [6.07, 6.45) is 1.83. The normalized spacial score (nSPS) is 22.5. The van der Waals surface area contributed by atoms with Gasteiger partial charge in [0.2, 0.25) is 0 Å². The number of likely N-dealkylation sites (tertiary alicyclic amines) is 1. The molecule has 0 saturated carbocycles. The number of benzene rings is 1. The molecule has 1 aromatic heterocycles. The van der Waals surface area contributed by atoms with Crippen LogP contribution in [0.4, 0.5) is 0 Å². The summed E-state index contributed by atoms with van der Waals surface area (Å²) in [5.74, 6) is 0.896. The van der Waals surface area contributed by atoms with Crippen molar-refractivity contribution in [2.75, 3.05) is 26.3 Å². The summed E-state index contributed by atoms with van der Waals surface area (Å²) in [6, 6.07) is 4.06. The zero-order valence-corrected chi connectivity index (χ0v) is 14.6. The molecule has 138 valence electrons. The van der Waals surface area contributed by atoms with E-state index >= 15 is 0 Å². The zero-order chi connectivity index (χ0) is 18.1. The lowest BCUT2D eigenvalue weighted by Gasteiger charge is -2.22. The van der Waals surface area contributed by atoms with E-state index in [-0.39, 0.29) is 18.3 Å². The molecule has 8 nitrogen and oxygen atoms in total. The van der Waals surface area contributed by atoms with Crippen LogP contribution in [-0.4, -0.2) is 57.7 Å². The Morgan fingerprint density at radius 1 is 1.31 bits per heavy atom. The summed E-state index contributed by atoms with van der Waals surface area (Å²) >= 11 is 0. The predicted octanol–water partition coefficient (Wildman–Crippen LogP) is 1.57. The van der Waals surface area contributed by atoms with Crippen LogP contribution in [0.1, 0.15) is 29.2 Å². The lowest BCUT2D eigenvalue weighted by Crippen LogP contribution is -2.22. The van der Waals surface area contributed by atoms with Gasteiger partial charge in [0, 0.05) is 25.6 Å². The molecule has 2 aliphatic heterocycles. The van der Waals surface area contributed by atoms with Crippen LogP contribution >= 0.6 is 0 Å². The Labute approximate surface area is 151 Å². The molecule has 3 heterocycles. The average molecular weight is 358 g/mol. The fourth-order valence-electron chi connectivity index (χ4n) is 3.89. The van der Waals surface area contributed by atoms with Gasteiger partial charge in [-0.05, 0) is 36.1 Å². The van der Waals surface area contributed by atoms with Crippen molar-refractivity contribution in [1.82, 2.24) is 20.3 Å². The summed E-state index contributed by atoms with van der Waals surface area (Å²) in [4.78, 5) is 13.5. The molecule has 2 aromatic rings. The predicted molar refractivity (Wildman–Crippen MR) is 92.3 cm³/mol. The minimum absolute atomic E-state index is 0.0233. The van der Waals surface area contributed by atoms with E-state index < -0.39 is 5.97 Å². The van der Waals surface area contributed by atoms with Crippen molar-refractivity contribution in [3.05, 3.63) is 35.2 Å². The van der Waals surface area contributed by atoms with Crippen molar-refractivity contribution in [2.24, 2.45) is 5.92 Å². The maximum Gasteiger partial charge on any atom is 0.303 e. The van der Waals surface area contributed by atoms with E-state index in [0.717, 1.165) is 42.4 Å². The van der Waals surface area contributed by atoms with Gasteiger partial charge in [0.15, 0.2) is 11.5 Å². The summed E-state index contributed by atoms with van der Waals surface area (Å²) in [5, 5.41) is 19.9. The van der Waals surface area contributed by atoms with E-state index in [1.54, 1.807) is 6.20 Å². The number of aromatic nitrogens is 3. The molecule has 0 bridgehead atoms. The van der Waals surface area contributed by atoms with Crippen molar-refractivity contribution in [2.45, 2.75) is 25.8 Å². The Kier molecular flexibility index (Phi) is 4.50. The molecule has 1 saturated heterocycles. The maximum absolute atomic E-state index is 11.3. The van der Waals surface area contributed by atoms with Gasteiger partial charge in [0.05, 0.1) is 18.3 Å². The molecule has 0 amide bonds. The fraction of sp³-hybridized carbons (Fsp3) is 0.500. The first-order valence-corrected chi connectivity index (χ1v) is 8.79. The van der Waals surface area contributed by atoms with Gasteiger partial charge in [0.1, 0.15) is 13.2 Å². The number of carbonyl (C=O) groups is 1. The molecule has 0 unspecified atom stereocenters. The molecular weight excluding hydrogens is 336 g/mol. The number of aryl methyl sites for hydroxylation is 1. The number of nitrogens with zero attached hydrogens (tertiary/aromatic N) is 3. The highest BCUT2D eigenvalue weighted by atomic mass is 16.6. The molecule has 2 N–H and O–H groups in total. The number of hydrogen-bond donors (Lipinski definition) is 2. The fourth-order valence-corrected chi connectivity index (χ4v) is 3.89. The molecule has 2 atom stereocenters. The van der Waals surface area contributed by atoms with Gasteiger partial charge in [-0.15, -0.1) is 0 Å². The lowest BCUT2D eigenvalue weighted by atomic mass is 9.91. The number of aromatic amines is 1. The van der Waals surface area contributed by atoms with Crippen LogP contribution in [-0.2, 0) is 11.3 Å². The molecule has 4 rings (SSSR count). The van der Waals surface area contributed by atoms with Crippen molar-refractivity contribution < 1.29 is 19.4 Å². The van der Waals surface area contributed by atoms with E-state index in [1.807, 2.05) is 12.1 Å². The minimum Gasteiger partial charge on any atom is -0.486 e. The maximum atomic E-state index is 11.3. The van der Waals surface area contributed by atoms with Crippen molar-refractivity contribution in [1.29, 1.82) is 0 Å². The third-order valence-electron chi connectivity index (χ3n) is 5.16. The van der Waals surface area contributed by atoms with Crippen LogP contribution in [0.3, 0.4) is 0 Å². The Bertz CT molecular complexity index is 793. The van der Waals surface area contributed by atoms with E-state index in [9.17, 15) is 9.90 Å². The molecular formula is C18H22N4O4. The van der Waals surface area contributed by atoms with E-state index in [1.165, 1.54) is 5.56 Å². The Hall–Kier alpha value is -2.61. The standard InChI is InChI=1S/C18H22N4O4/c1-11-4-16-17(26-3-2-25-16)5-12(11)8-22-9-13(6-18(23)24)14(10-22)15-7-19-21-20-15/h4-5,7,13-14H,2-3,6,8-10H2,1H3,(H,23,24)(H,19,20,21)/t13-,14+/m1/s1. The molecule has 0 radical (unpaired) electrons. The molecule has 0 spiro atoms. The summed E-state index contributed by atoms with van der Waals surface area (Å²) in [5.41, 5.74) is 3.15. The Balaban J connectivity index is 1.52. The van der Waals surface area contributed by atoms with Gasteiger partial charge in [-0.25, -0.2) is 0 Å². The third kappa shape index (κ3) is 3.37. The highest BCUT2D eigenvalue weighted by Crippen LogP contribution is 2.37. The quantitative estimate of drug-likeness (QED) is 0.837. The Morgan fingerprint density at radius 2 is 2.08 bits per heavy atom. The molecule has 2 aliphatic rings. The van der Waals surface area contributed by atoms with Crippen LogP contribution in [0.15, 0.2) is 18.3 Å². The van der Waals surface area contributed by atoms with Gasteiger partial charge in [-0.3, -0.25) is 9.69 Å². The van der Waals surface area contributed by atoms with Crippen LogP contribution in [0.2, 0.25) is 0 Å². The number of carboxylic acids is 1. The topological polar surface area (TPSA) is 101 Å². The second-order valence-corrected chi connectivity index (χ2v) is 6.98. The van der Waals surface area contributed by atoms with E-state index in [4.69, 9.17) is 9.47 Å². The number of nitrogens with one attached hydrogen (secondary N) is 1. The van der Waals surface area contributed by atoms with Gasteiger partial charge in [0.25, 0.3) is 0 Å². The van der Waals surface area contributed by atoms with Gasteiger partial charge in [-0.2, -0.15) is 15.4 Å². The first-order valence-electron chi connectivity index (χ1n) is 8.79. The zero-order valence-electron chi connectivity index (χ0n) is 14.6. The number of hydrogen-bond acceptors (Lipinski definition) is 6. The largest absolute Gasteiger partial charge is 0.486 e. The first kappa shape index (κ1) is 16.8. The number of aliphatic carboxylic acids is 1. The highest BCUT2D eigenvalue weighted by Gasteiger charge is 2.36. The summed E-state index contributed by atoms with van der Waals surface area (Å²) in [6.45, 7) is 5.43. The van der Waals surface area contributed by atoms with Crippen LogP contribution in [0.25, 0.3) is 0 Å². The highest BCUT2D eigenvalue weighted by molar-refractivity contribution is 5.67. The summed E-state index contributed by atoms with van der Waals surface area (Å²) < 4.78 is 11.3. The number of carboxylic acid groups (broad SMARTS) is 1. The third-order valence-corrected chi connectivity index (χ3v) is 5.16. The second kappa shape index (κ2) is 6.95. The second-order valence-electron chi connectivity index (χ2n) is 6.98. The molecule has 26 heavy (non-hydrogen) atoms. The van der Waals surface area contributed by atoms with Crippen molar-refractivity contribution in [3.63, 3.8) is 0 Å². The van der Waals surface area contributed by atoms with Crippen molar-refractivity contribution >= 4 is 5.97 Å². The van der Waals surface area contributed by atoms with E-state index in [0.29, 0.717) is 13.2 Å². The van der Waals surface area contributed by atoms with Gasteiger partial charge >= 0.3 is 5.97 Å². The van der Waals surface area contributed by atoms with E-state index in [2.05, 4.69) is 27.2 Å². The molecule has 1 aromatic carbocycles. The average Bonchev–Trinajstić information content (AvgIpc) is 3.25. The Morgan fingerprint density at radius 3 is 2.77 bits per heavy atom. The van der Waals surface area contributed by atoms with Crippen molar-refractivity contribution in [3.8, 4) is 11.5 Å². The van der Waals surface area contributed by atoms with Crippen LogP contribution in [0, 0.1) is 12.8 Å². The first-order chi connectivity index (χ1) is 12.6. The van der Waals surface area contributed by atoms with Crippen LogP contribution < -0.4 is 9.47 Å². The smallest absolute Gasteiger partial charge is 0.303 e. The van der Waals surface area contributed by atoms with Crippen LogP contribution in [0.5, 0.6) is 11.5 Å². The number of ether oxygens (including phenoxy) is 2. The lowest BCUT2D eigenvalue weighted by molar-refractivity contribution is -0.138. The van der Waals surface area contributed by atoms with Gasteiger partial charge in [-0.1, -0.05) is 0 Å². The van der Waals surface area contributed by atoms with Gasteiger partial charge < -0.3 is 14.6 Å². The number of fused-ring (bicyclic) bond motifs is 1. The number of H-pyrrole nitrogens is 1. The SMILES string of the molecule is Cc1cc2c(cc1CN1C[C@@H](CC(=O)O)[C@@H](c3cn[nH]n3)C1)OCCO2. The minimum atomic E-state index is -0.777. The monoisotopic (exact) mass is 358 g/mol. The molecule has 8 heteroatoms. The molecule has 1 fully saturated rings.